The second-order valence-corrected chi connectivity index (χ2v) is 5.79. The molecule has 0 fully saturated rings. The van der Waals surface area contributed by atoms with Crippen LogP contribution in [-0.4, -0.2) is 21.0 Å². The molecule has 0 bridgehead atoms. The molecule has 0 amide bonds. The molecule has 1 heterocycles. The van der Waals surface area contributed by atoms with Gasteiger partial charge in [0.05, 0.1) is 12.9 Å². The molecule has 94 valence electrons. The van der Waals surface area contributed by atoms with E-state index >= 15 is 0 Å². The van der Waals surface area contributed by atoms with Crippen LogP contribution in [0.25, 0.3) is 0 Å². The topological polar surface area (TPSA) is 52.6 Å². The third-order valence-electron chi connectivity index (χ3n) is 2.90. The SMILES string of the molecule is CCC1c2ccccc2COC1OS(C)(=O)=O. The highest BCUT2D eigenvalue weighted by Crippen LogP contribution is 2.34. The number of ether oxygens (including phenoxy) is 1. The van der Waals surface area contributed by atoms with E-state index in [4.69, 9.17) is 8.92 Å². The summed E-state index contributed by atoms with van der Waals surface area (Å²) in [6, 6.07) is 7.90. The Hall–Kier alpha value is -0.910. The van der Waals surface area contributed by atoms with Gasteiger partial charge in [0.1, 0.15) is 0 Å². The smallest absolute Gasteiger partial charge is 0.266 e. The Morgan fingerprint density at radius 3 is 2.76 bits per heavy atom. The van der Waals surface area contributed by atoms with E-state index in [0.29, 0.717) is 6.61 Å². The lowest BCUT2D eigenvalue weighted by Crippen LogP contribution is -2.32. The van der Waals surface area contributed by atoms with Gasteiger partial charge in [-0.25, -0.2) is 4.18 Å². The van der Waals surface area contributed by atoms with Gasteiger partial charge < -0.3 is 4.74 Å². The largest absolute Gasteiger partial charge is 0.346 e. The van der Waals surface area contributed by atoms with Gasteiger partial charge in [0.15, 0.2) is 6.29 Å². The van der Waals surface area contributed by atoms with Gasteiger partial charge >= 0.3 is 0 Å². The van der Waals surface area contributed by atoms with Crippen LogP contribution in [0.2, 0.25) is 0 Å². The molecule has 2 unspecified atom stereocenters. The quantitative estimate of drug-likeness (QED) is 0.776. The van der Waals surface area contributed by atoms with Crippen LogP contribution < -0.4 is 0 Å². The van der Waals surface area contributed by atoms with Crippen molar-refractivity contribution in [3.05, 3.63) is 35.4 Å². The van der Waals surface area contributed by atoms with Crippen LogP contribution >= 0.6 is 0 Å². The van der Waals surface area contributed by atoms with E-state index in [9.17, 15) is 8.42 Å². The summed E-state index contributed by atoms with van der Waals surface area (Å²) in [6.07, 6.45) is 1.12. The van der Waals surface area contributed by atoms with Crippen molar-refractivity contribution < 1.29 is 17.3 Å². The highest BCUT2D eigenvalue weighted by atomic mass is 32.2. The van der Waals surface area contributed by atoms with Crippen LogP contribution in [0.4, 0.5) is 0 Å². The number of hydrogen-bond acceptors (Lipinski definition) is 4. The first kappa shape index (κ1) is 12.5. The van der Waals surface area contributed by atoms with Crippen molar-refractivity contribution in [2.24, 2.45) is 0 Å². The fraction of sp³-hybridized carbons (Fsp3) is 0.500. The second-order valence-electron chi connectivity index (χ2n) is 4.19. The number of rotatable bonds is 3. The molecule has 1 aromatic rings. The molecule has 1 aliphatic heterocycles. The predicted octanol–water partition coefficient (Wildman–Crippen LogP) is 2.01. The first-order valence-electron chi connectivity index (χ1n) is 5.59. The molecule has 0 saturated carbocycles. The molecular formula is C12H16O4S. The Balaban J connectivity index is 2.29. The van der Waals surface area contributed by atoms with E-state index in [1.807, 2.05) is 31.2 Å². The molecule has 0 N–H and O–H groups in total. The van der Waals surface area contributed by atoms with Crippen molar-refractivity contribution in [2.75, 3.05) is 6.26 Å². The maximum Gasteiger partial charge on any atom is 0.266 e. The lowest BCUT2D eigenvalue weighted by atomic mass is 9.90. The van der Waals surface area contributed by atoms with Gasteiger partial charge in [-0.2, -0.15) is 8.42 Å². The Morgan fingerprint density at radius 2 is 2.12 bits per heavy atom. The third kappa shape index (κ3) is 2.86. The number of fused-ring (bicyclic) bond motifs is 1. The van der Waals surface area contributed by atoms with Gasteiger partial charge in [-0.1, -0.05) is 31.2 Å². The third-order valence-corrected chi connectivity index (χ3v) is 3.43. The van der Waals surface area contributed by atoms with Crippen molar-refractivity contribution in [3.63, 3.8) is 0 Å². The Kier molecular flexibility index (Phi) is 3.51. The molecular weight excluding hydrogens is 240 g/mol. The molecule has 17 heavy (non-hydrogen) atoms. The fourth-order valence-corrected chi connectivity index (χ4v) is 2.68. The van der Waals surface area contributed by atoms with Crippen LogP contribution in [0.1, 0.15) is 30.4 Å². The molecule has 1 aliphatic rings. The molecule has 0 saturated heterocycles. The standard InChI is InChI=1S/C12H16O4S/c1-3-10-11-7-5-4-6-9(11)8-15-12(10)16-17(2,13)14/h4-7,10,12H,3,8H2,1-2H3. The minimum absolute atomic E-state index is 0.0327. The Bertz CT molecular complexity index is 495. The summed E-state index contributed by atoms with van der Waals surface area (Å²) < 4.78 is 32.8. The zero-order valence-corrected chi connectivity index (χ0v) is 10.7. The van der Waals surface area contributed by atoms with Crippen molar-refractivity contribution >= 4 is 10.1 Å². The van der Waals surface area contributed by atoms with Gasteiger partial charge in [0.25, 0.3) is 10.1 Å². The van der Waals surface area contributed by atoms with Crippen molar-refractivity contribution in [1.29, 1.82) is 0 Å². The van der Waals surface area contributed by atoms with Crippen LogP contribution in [0.3, 0.4) is 0 Å². The zero-order valence-electron chi connectivity index (χ0n) is 9.92. The summed E-state index contributed by atoms with van der Waals surface area (Å²) in [5.41, 5.74) is 2.22. The van der Waals surface area contributed by atoms with Crippen LogP contribution in [-0.2, 0) is 25.6 Å². The van der Waals surface area contributed by atoms with E-state index in [0.717, 1.165) is 23.8 Å². The van der Waals surface area contributed by atoms with E-state index in [-0.39, 0.29) is 5.92 Å². The molecule has 1 aromatic carbocycles. The maximum atomic E-state index is 11.2. The monoisotopic (exact) mass is 256 g/mol. The van der Waals surface area contributed by atoms with E-state index in [2.05, 4.69) is 0 Å². The van der Waals surface area contributed by atoms with Gasteiger partial charge in [-0.3, -0.25) is 0 Å². The summed E-state index contributed by atoms with van der Waals surface area (Å²) in [5, 5.41) is 0. The lowest BCUT2D eigenvalue weighted by molar-refractivity contribution is -0.112. The highest BCUT2D eigenvalue weighted by molar-refractivity contribution is 7.86. The van der Waals surface area contributed by atoms with Crippen LogP contribution in [0, 0.1) is 0 Å². The van der Waals surface area contributed by atoms with Crippen LogP contribution in [0.15, 0.2) is 24.3 Å². The summed E-state index contributed by atoms with van der Waals surface area (Å²) in [4.78, 5) is 0. The molecule has 4 nitrogen and oxygen atoms in total. The van der Waals surface area contributed by atoms with Gasteiger partial charge in [0, 0.05) is 5.92 Å². The summed E-state index contributed by atoms with van der Waals surface area (Å²) in [5.74, 6) is -0.0327. The van der Waals surface area contributed by atoms with Gasteiger partial charge in [0.2, 0.25) is 0 Å². The van der Waals surface area contributed by atoms with Gasteiger partial charge in [-0.05, 0) is 17.5 Å². The van der Waals surface area contributed by atoms with Crippen LogP contribution in [0.5, 0.6) is 0 Å². The normalized spacial score (nSPS) is 24.4. The minimum atomic E-state index is -3.49. The van der Waals surface area contributed by atoms with E-state index < -0.39 is 16.4 Å². The average molecular weight is 256 g/mol. The maximum absolute atomic E-state index is 11.2. The Morgan fingerprint density at radius 1 is 1.41 bits per heavy atom. The van der Waals surface area contributed by atoms with E-state index in [1.165, 1.54) is 0 Å². The molecule has 0 radical (unpaired) electrons. The molecule has 2 rings (SSSR count). The molecule has 2 atom stereocenters. The van der Waals surface area contributed by atoms with Crippen molar-refractivity contribution in [2.45, 2.75) is 32.2 Å². The molecule has 5 heteroatoms. The van der Waals surface area contributed by atoms with E-state index in [1.54, 1.807) is 0 Å². The highest BCUT2D eigenvalue weighted by Gasteiger charge is 2.32. The fourth-order valence-electron chi connectivity index (χ4n) is 2.14. The van der Waals surface area contributed by atoms with Gasteiger partial charge in [-0.15, -0.1) is 0 Å². The average Bonchev–Trinajstić information content (AvgIpc) is 2.27. The number of hydrogen-bond donors (Lipinski definition) is 0. The minimum Gasteiger partial charge on any atom is -0.346 e. The number of benzene rings is 1. The second kappa shape index (κ2) is 4.76. The molecule has 0 spiro atoms. The first-order chi connectivity index (χ1) is 8.01. The van der Waals surface area contributed by atoms with Crippen molar-refractivity contribution in [3.8, 4) is 0 Å². The summed E-state index contributed by atoms with van der Waals surface area (Å²) in [7, 11) is -3.49. The Labute approximate surface area is 102 Å². The summed E-state index contributed by atoms with van der Waals surface area (Å²) in [6.45, 7) is 2.39. The van der Waals surface area contributed by atoms with Crippen molar-refractivity contribution in [1.82, 2.24) is 0 Å². The molecule has 0 aliphatic carbocycles. The lowest BCUT2D eigenvalue weighted by Gasteiger charge is -2.31. The zero-order chi connectivity index (χ0) is 12.5. The predicted molar refractivity (Wildman–Crippen MR) is 64.0 cm³/mol. The summed E-state index contributed by atoms with van der Waals surface area (Å²) >= 11 is 0. The first-order valence-corrected chi connectivity index (χ1v) is 7.40. The molecule has 0 aromatic heterocycles.